The first-order valence-electron chi connectivity index (χ1n) is 11.4. The molecule has 0 bridgehead atoms. The van der Waals surface area contributed by atoms with Crippen molar-refractivity contribution in [3.05, 3.63) is 24.3 Å². The molecule has 2 rings (SSSR count). The zero-order valence-corrected chi connectivity index (χ0v) is 20.2. The standard InChI is InChI=1S/C24H43N3O3/c1-9-12-14-24(29-17-22(5,6)18-30-24)23(25-26(7)8)15-13-19(4)16-20(23)21(28)27(10-2)11-3/h12,14,20,25H,4,9-11,13,15-18H2,1-3,5-8H3/b14-12+. The first-order valence-corrected chi connectivity index (χ1v) is 11.4. The number of hydrogen-bond acceptors (Lipinski definition) is 5. The summed E-state index contributed by atoms with van der Waals surface area (Å²) in [7, 11) is 3.93. The van der Waals surface area contributed by atoms with E-state index in [9.17, 15) is 4.79 Å². The van der Waals surface area contributed by atoms with Crippen molar-refractivity contribution in [2.75, 3.05) is 40.4 Å². The largest absolute Gasteiger partial charge is 0.344 e. The number of nitrogens with zero attached hydrogens (tertiary/aromatic N) is 2. The third-order valence-corrected chi connectivity index (χ3v) is 6.31. The smallest absolute Gasteiger partial charge is 0.228 e. The van der Waals surface area contributed by atoms with Crippen molar-refractivity contribution in [2.45, 2.75) is 71.6 Å². The lowest BCUT2D eigenvalue weighted by atomic mass is 9.65. The maximum Gasteiger partial charge on any atom is 0.228 e. The molecule has 2 unspecified atom stereocenters. The Hall–Kier alpha value is -1.21. The topological polar surface area (TPSA) is 54.0 Å². The molecule has 1 aliphatic carbocycles. The van der Waals surface area contributed by atoms with Gasteiger partial charge < -0.3 is 14.4 Å². The number of hydrogen-bond donors (Lipinski definition) is 1. The van der Waals surface area contributed by atoms with Crippen LogP contribution in [0.4, 0.5) is 0 Å². The summed E-state index contributed by atoms with van der Waals surface area (Å²) in [6.45, 7) is 17.2. The minimum absolute atomic E-state index is 0.0699. The molecule has 0 aromatic rings. The summed E-state index contributed by atoms with van der Waals surface area (Å²) in [5.41, 5.74) is 3.96. The van der Waals surface area contributed by atoms with Gasteiger partial charge in [-0.1, -0.05) is 39.0 Å². The minimum atomic E-state index is -1.02. The van der Waals surface area contributed by atoms with Crippen LogP contribution in [0.25, 0.3) is 0 Å². The highest BCUT2D eigenvalue weighted by Crippen LogP contribution is 2.49. The Bertz CT molecular complexity index is 630. The summed E-state index contributed by atoms with van der Waals surface area (Å²) in [5.74, 6) is -1.21. The van der Waals surface area contributed by atoms with Crippen molar-refractivity contribution in [2.24, 2.45) is 11.3 Å². The van der Waals surface area contributed by atoms with Gasteiger partial charge in [-0.2, -0.15) is 0 Å². The van der Waals surface area contributed by atoms with Crippen LogP contribution in [0, 0.1) is 11.3 Å². The average Bonchev–Trinajstić information content (AvgIpc) is 2.69. The van der Waals surface area contributed by atoms with E-state index < -0.39 is 11.3 Å². The maximum atomic E-state index is 13.8. The van der Waals surface area contributed by atoms with Crippen LogP contribution in [-0.2, 0) is 14.3 Å². The molecule has 6 nitrogen and oxygen atoms in total. The summed E-state index contributed by atoms with van der Waals surface area (Å²) in [6.07, 6.45) is 7.21. The van der Waals surface area contributed by atoms with Crippen LogP contribution in [-0.4, -0.2) is 67.5 Å². The van der Waals surface area contributed by atoms with Crippen molar-refractivity contribution in [3.8, 4) is 0 Å². The Balaban J connectivity index is 2.64. The molecule has 2 aliphatic rings. The fourth-order valence-electron chi connectivity index (χ4n) is 4.66. The number of ether oxygens (including phenoxy) is 2. The molecule has 0 aromatic heterocycles. The Labute approximate surface area is 183 Å². The van der Waals surface area contributed by atoms with Gasteiger partial charge in [-0.15, -0.1) is 0 Å². The first kappa shape index (κ1) is 25.1. The van der Waals surface area contributed by atoms with Gasteiger partial charge in [-0.25, -0.2) is 10.4 Å². The van der Waals surface area contributed by atoms with Gasteiger partial charge in [0.05, 0.1) is 19.1 Å². The highest BCUT2D eigenvalue weighted by Gasteiger charge is 2.62. The van der Waals surface area contributed by atoms with Crippen molar-refractivity contribution < 1.29 is 14.3 Å². The monoisotopic (exact) mass is 421 g/mol. The number of rotatable bonds is 8. The molecule has 172 valence electrons. The van der Waals surface area contributed by atoms with E-state index in [1.807, 2.05) is 37.9 Å². The number of carbonyl (C=O) groups is 1. The summed E-state index contributed by atoms with van der Waals surface area (Å²) < 4.78 is 13.2. The molecule has 1 saturated heterocycles. The fourth-order valence-corrected chi connectivity index (χ4v) is 4.66. The molecule has 30 heavy (non-hydrogen) atoms. The van der Waals surface area contributed by atoms with Crippen LogP contribution in [0.2, 0.25) is 0 Å². The van der Waals surface area contributed by atoms with Crippen LogP contribution in [0.5, 0.6) is 0 Å². The van der Waals surface area contributed by atoms with E-state index in [1.54, 1.807) is 0 Å². The molecule has 1 aliphatic heterocycles. The Morgan fingerprint density at radius 2 is 1.80 bits per heavy atom. The third kappa shape index (κ3) is 4.98. The minimum Gasteiger partial charge on any atom is -0.344 e. The summed E-state index contributed by atoms with van der Waals surface area (Å²) in [6, 6.07) is 0. The van der Waals surface area contributed by atoms with Crippen LogP contribution in [0.3, 0.4) is 0 Å². The second-order valence-corrected chi connectivity index (χ2v) is 9.71. The van der Waals surface area contributed by atoms with Crippen LogP contribution in [0.1, 0.15) is 60.3 Å². The molecular weight excluding hydrogens is 378 g/mol. The van der Waals surface area contributed by atoms with E-state index in [-0.39, 0.29) is 17.2 Å². The molecule has 0 spiro atoms. The molecule has 2 atom stereocenters. The Morgan fingerprint density at radius 3 is 2.30 bits per heavy atom. The third-order valence-electron chi connectivity index (χ3n) is 6.31. The van der Waals surface area contributed by atoms with Gasteiger partial charge in [-0.3, -0.25) is 4.79 Å². The van der Waals surface area contributed by atoms with Gasteiger partial charge in [0.1, 0.15) is 5.54 Å². The van der Waals surface area contributed by atoms with Gasteiger partial charge in [0.2, 0.25) is 11.7 Å². The molecule has 0 radical (unpaired) electrons. The van der Waals surface area contributed by atoms with Gasteiger partial charge in [0, 0.05) is 32.6 Å². The van der Waals surface area contributed by atoms with Crippen LogP contribution >= 0.6 is 0 Å². The maximum absolute atomic E-state index is 13.8. The quantitative estimate of drug-likeness (QED) is 0.478. The molecule has 2 fully saturated rings. The van der Waals surface area contributed by atoms with Crippen molar-refractivity contribution >= 4 is 5.91 Å². The second kappa shape index (κ2) is 9.94. The molecule has 0 aromatic carbocycles. The highest BCUT2D eigenvalue weighted by atomic mass is 16.7. The molecular formula is C24H43N3O3. The zero-order chi connectivity index (χ0) is 22.6. The fraction of sp³-hybridized carbons (Fsp3) is 0.792. The van der Waals surface area contributed by atoms with E-state index in [1.165, 1.54) is 0 Å². The lowest BCUT2D eigenvalue weighted by Crippen LogP contribution is -2.75. The van der Waals surface area contributed by atoms with Gasteiger partial charge in [0.25, 0.3) is 0 Å². The molecule has 1 saturated carbocycles. The zero-order valence-electron chi connectivity index (χ0n) is 20.2. The van der Waals surface area contributed by atoms with Gasteiger partial charge in [-0.05, 0) is 45.6 Å². The SMILES string of the molecule is C=C1CCC(NN(C)C)(C2(/C=C/CC)OCC(C)(C)CO2)C(C(=O)N(CC)CC)C1. The van der Waals surface area contributed by atoms with Gasteiger partial charge >= 0.3 is 0 Å². The van der Waals surface area contributed by atoms with E-state index >= 15 is 0 Å². The number of carbonyl (C=O) groups excluding carboxylic acids is 1. The highest BCUT2D eigenvalue weighted by molar-refractivity contribution is 5.81. The summed E-state index contributed by atoms with van der Waals surface area (Å²) in [5, 5.41) is 1.94. The van der Waals surface area contributed by atoms with E-state index in [2.05, 4.69) is 44.9 Å². The predicted octanol–water partition coefficient (Wildman–Crippen LogP) is 3.75. The Kier molecular flexibility index (Phi) is 8.30. The van der Waals surface area contributed by atoms with Crippen molar-refractivity contribution in [1.82, 2.24) is 15.3 Å². The lowest BCUT2D eigenvalue weighted by molar-refractivity contribution is -0.320. The lowest BCUT2D eigenvalue weighted by Gasteiger charge is -2.58. The molecule has 6 heteroatoms. The number of allylic oxidation sites excluding steroid dienone is 2. The second-order valence-electron chi connectivity index (χ2n) is 9.71. The number of hydrazine groups is 1. The van der Waals surface area contributed by atoms with Crippen LogP contribution < -0.4 is 5.43 Å². The molecule has 1 heterocycles. The number of amides is 1. The van der Waals surface area contributed by atoms with Crippen LogP contribution in [0.15, 0.2) is 24.3 Å². The van der Waals surface area contributed by atoms with E-state index in [0.29, 0.717) is 32.7 Å². The molecule has 1 N–H and O–H groups in total. The van der Waals surface area contributed by atoms with Crippen molar-refractivity contribution in [1.29, 1.82) is 0 Å². The van der Waals surface area contributed by atoms with Crippen molar-refractivity contribution in [3.63, 3.8) is 0 Å². The normalized spacial score (nSPS) is 28.8. The van der Waals surface area contributed by atoms with E-state index in [0.717, 1.165) is 24.8 Å². The summed E-state index contributed by atoms with van der Waals surface area (Å²) in [4.78, 5) is 15.7. The first-order chi connectivity index (χ1) is 14.1. The average molecular weight is 422 g/mol. The van der Waals surface area contributed by atoms with Gasteiger partial charge in [0.15, 0.2) is 0 Å². The summed E-state index contributed by atoms with van der Waals surface area (Å²) >= 11 is 0. The number of nitrogens with one attached hydrogen (secondary N) is 1. The molecule has 1 amide bonds. The Morgan fingerprint density at radius 1 is 1.20 bits per heavy atom. The predicted molar refractivity (Wildman–Crippen MR) is 122 cm³/mol. The van der Waals surface area contributed by atoms with E-state index in [4.69, 9.17) is 9.47 Å².